The highest BCUT2D eigenvalue weighted by Crippen LogP contribution is 2.32. The van der Waals surface area contributed by atoms with Crippen LogP contribution in [0.15, 0.2) is 42.5 Å². The van der Waals surface area contributed by atoms with E-state index in [9.17, 15) is 18.8 Å². The number of hydrogen-bond acceptors (Lipinski definition) is 5. The van der Waals surface area contributed by atoms with Crippen molar-refractivity contribution in [2.75, 3.05) is 31.3 Å². The summed E-state index contributed by atoms with van der Waals surface area (Å²) in [4.78, 5) is 39.0. The zero-order valence-electron chi connectivity index (χ0n) is 19.0. The summed E-state index contributed by atoms with van der Waals surface area (Å²) in [7, 11) is 3.30. The van der Waals surface area contributed by atoms with Crippen molar-refractivity contribution in [3.63, 3.8) is 0 Å². The van der Waals surface area contributed by atoms with Crippen LogP contribution in [0.5, 0.6) is 5.75 Å². The van der Waals surface area contributed by atoms with Crippen molar-refractivity contribution in [2.24, 2.45) is 0 Å². The summed E-state index contributed by atoms with van der Waals surface area (Å²) in [6.45, 7) is 0.229. The molecular weight excluding hydrogens is 443 g/mol. The Hall–Kier alpha value is -3.66. The van der Waals surface area contributed by atoms with Crippen LogP contribution in [0, 0.1) is 5.82 Å². The van der Waals surface area contributed by atoms with E-state index in [0.717, 1.165) is 0 Å². The number of hydrogen-bond donors (Lipinski definition) is 3. The van der Waals surface area contributed by atoms with Crippen molar-refractivity contribution < 1.29 is 28.2 Å². The molecule has 0 unspecified atom stereocenters. The summed E-state index contributed by atoms with van der Waals surface area (Å²) in [5, 5.41) is 7.81. The summed E-state index contributed by atoms with van der Waals surface area (Å²) < 4.78 is 25.4. The number of nitrogens with one attached hydrogen (secondary N) is 3. The Morgan fingerprint density at radius 1 is 1.12 bits per heavy atom. The van der Waals surface area contributed by atoms with Crippen LogP contribution >= 0.6 is 0 Å². The number of amides is 4. The normalized spacial score (nSPS) is 21.8. The lowest BCUT2D eigenvalue weighted by Crippen LogP contribution is -2.53. The van der Waals surface area contributed by atoms with E-state index in [1.807, 2.05) is 0 Å². The molecule has 0 bridgehead atoms. The van der Waals surface area contributed by atoms with Gasteiger partial charge >= 0.3 is 6.03 Å². The van der Waals surface area contributed by atoms with Gasteiger partial charge in [-0.25, -0.2) is 9.18 Å². The number of likely N-dealkylation sites (N-methyl/N-ethyl adjacent to an activating group) is 1. The van der Waals surface area contributed by atoms with Crippen LogP contribution in [0.1, 0.15) is 29.6 Å². The number of halogens is 1. The average Bonchev–Trinajstić information content (AvgIpc) is 2.81. The van der Waals surface area contributed by atoms with Gasteiger partial charge in [-0.15, -0.1) is 0 Å². The Kier molecular flexibility index (Phi) is 6.97. The zero-order valence-corrected chi connectivity index (χ0v) is 19.0. The first kappa shape index (κ1) is 23.5. The number of fused-ring (bicyclic) bond motifs is 2. The summed E-state index contributed by atoms with van der Waals surface area (Å²) in [6, 6.07) is 9.56. The minimum absolute atomic E-state index is 0.0912. The number of carbonyl (C=O) groups excluding carboxylic acids is 3. The molecule has 34 heavy (non-hydrogen) atoms. The van der Waals surface area contributed by atoms with E-state index in [-0.39, 0.29) is 43.1 Å². The maximum absolute atomic E-state index is 13.3. The molecule has 2 aliphatic rings. The van der Waals surface area contributed by atoms with Crippen LogP contribution < -0.4 is 20.7 Å². The number of urea groups is 1. The van der Waals surface area contributed by atoms with E-state index in [4.69, 9.17) is 9.47 Å². The van der Waals surface area contributed by atoms with E-state index in [2.05, 4.69) is 16.0 Å². The largest absolute Gasteiger partial charge is 0.490 e. The summed E-state index contributed by atoms with van der Waals surface area (Å²) in [5.74, 6) is -0.434. The molecule has 4 amide bonds. The Morgan fingerprint density at radius 2 is 1.88 bits per heavy atom. The molecule has 2 aliphatic heterocycles. The van der Waals surface area contributed by atoms with Crippen molar-refractivity contribution in [3.8, 4) is 5.75 Å². The number of rotatable bonds is 4. The molecule has 1 fully saturated rings. The van der Waals surface area contributed by atoms with E-state index < -0.39 is 11.8 Å². The highest BCUT2D eigenvalue weighted by molar-refractivity contribution is 6.02. The smallest absolute Gasteiger partial charge is 0.323 e. The fourth-order valence-electron chi connectivity index (χ4n) is 4.27. The molecule has 0 aliphatic carbocycles. The first-order valence-electron chi connectivity index (χ1n) is 11.1. The Morgan fingerprint density at radius 3 is 2.62 bits per heavy atom. The van der Waals surface area contributed by atoms with Gasteiger partial charge < -0.3 is 30.3 Å². The molecule has 3 N–H and O–H groups in total. The molecule has 0 aromatic heterocycles. The molecule has 10 heteroatoms. The monoisotopic (exact) mass is 470 g/mol. The van der Waals surface area contributed by atoms with Gasteiger partial charge in [0.15, 0.2) is 0 Å². The molecule has 3 atom stereocenters. The Labute approximate surface area is 196 Å². The van der Waals surface area contributed by atoms with Crippen molar-refractivity contribution in [1.29, 1.82) is 0 Å². The fourth-order valence-corrected chi connectivity index (χ4v) is 4.27. The zero-order chi connectivity index (χ0) is 24.2. The van der Waals surface area contributed by atoms with Crippen LogP contribution in [-0.2, 0) is 9.53 Å². The molecule has 2 aromatic rings. The standard InChI is InChI=1S/C24H27FN4O5/c1-26-22(30)12-17-7-8-19-21(34-17)13-33-20-9-6-16(11-18(20)23(31)29(19)2)28-24(32)27-15-5-3-4-14(25)10-15/h3-6,9-11,17,19,21H,7-8,12-13H2,1-2H3,(H,26,30)(H2,27,28,32)/t17-,19+,21+/m0/s1. The molecule has 1 saturated heterocycles. The highest BCUT2D eigenvalue weighted by Gasteiger charge is 2.39. The van der Waals surface area contributed by atoms with Gasteiger partial charge in [0.2, 0.25) is 5.91 Å². The second kappa shape index (κ2) is 10.1. The van der Waals surface area contributed by atoms with Gasteiger partial charge in [-0.1, -0.05) is 6.07 Å². The Bertz CT molecular complexity index is 1090. The molecule has 2 aromatic carbocycles. The van der Waals surface area contributed by atoms with Crippen LogP contribution in [-0.4, -0.2) is 61.7 Å². The molecule has 0 radical (unpaired) electrons. The van der Waals surface area contributed by atoms with Crippen molar-refractivity contribution in [3.05, 3.63) is 53.8 Å². The topological polar surface area (TPSA) is 109 Å². The Balaban J connectivity index is 1.47. The van der Waals surface area contributed by atoms with Gasteiger partial charge in [-0.05, 0) is 49.2 Å². The average molecular weight is 471 g/mol. The molecule has 4 rings (SSSR count). The summed E-state index contributed by atoms with van der Waals surface area (Å²) in [5.41, 5.74) is 1.01. The van der Waals surface area contributed by atoms with Gasteiger partial charge in [0.1, 0.15) is 24.3 Å². The summed E-state index contributed by atoms with van der Waals surface area (Å²) in [6.07, 6.45) is 1.01. The lowest BCUT2D eigenvalue weighted by molar-refractivity contribution is -0.133. The molecule has 0 saturated carbocycles. The second-order valence-electron chi connectivity index (χ2n) is 8.35. The van der Waals surface area contributed by atoms with Crippen molar-refractivity contribution >= 4 is 29.2 Å². The van der Waals surface area contributed by atoms with Crippen molar-refractivity contribution in [2.45, 2.75) is 37.5 Å². The fraction of sp³-hybridized carbons (Fsp3) is 0.375. The SMILES string of the molecule is CNC(=O)C[C@@H]1CC[C@@H]2[C@@H](COc3ccc(NC(=O)Nc4cccc(F)c4)cc3C(=O)N2C)O1. The number of nitrogens with zero attached hydrogens (tertiary/aromatic N) is 1. The van der Waals surface area contributed by atoms with Gasteiger partial charge in [0.05, 0.1) is 24.1 Å². The maximum atomic E-state index is 13.3. The van der Waals surface area contributed by atoms with Crippen LogP contribution in [0.4, 0.5) is 20.6 Å². The number of ether oxygens (including phenoxy) is 2. The third-order valence-electron chi connectivity index (χ3n) is 6.04. The lowest BCUT2D eigenvalue weighted by atomic mass is 9.94. The quantitative estimate of drug-likeness (QED) is 0.637. The molecule has 9 nitrogen and oxygen atoms in total. The minimum atomic E-state index is -0.569. The third kappa shape index (κ3) is 5.28. The van der Waals surface area contributed by atoms with Crippen molar-refractivity contribution in [1.82, 2.24) is 10.2 Å². The first-order chi connectivity index (χ1) is 16.3. The predicted molar refractivity (Wildman–Crippen MR) is 123 cm³/mol. The van der Waals surface area contributed by atoms with Crippen LogP contribution in [0.3, 0.4) is 0 Å². The van der Waals surface area contributed by atoms with Gasteiger partial charge in [-0.2, -0.15) is 0 Å². The summed E-state index contributed by atoms with van der Waals surface area (Å²) >= 11 is 0. The van der Waals surface area contributed by atoms with Gasteiger partial charge in [-0.3, -0.25) is 9.59 Å². The lowest BCUT2D eigenvalue weighted by Gasteiger charge is -2.42. The predicted octanol–water partition coefficient (Wildman–Crippen LogP) is 2.99. The molecule has 2 heterocycles. The van der Waals surface area contributed by atoms with E-state index in [1.54, 1.807) is 43.3 Å². The highest BCUT2D eigenvalue weighted by atomic mass is 19.1. The number of anilines is 2. The molecule has 0 spiro atoms. The number of carbonyl (C=O) groups is 3. The van der Waals surface area contributed by atoms with Crippen LogP contribution in [0.2, 0.25) is 0 Å². The first-order valence-corrected chi connectivity index (χ1v) is 11.1. The van der Waals surface area contributed by atoms with Gasteiger partial charge in [0, 0.05) is 25.5 Å². The minimum Gasteiger partial charge on any atom is -0.490 e. The van der Waals surface area contributed by atoms with E-state index in [1.165, 1.54) is 18.2 Å². The van der Waals surface area contributed by atoms with Gasteiger partial charge in [0.25, 0.3) is 5.91 Å². The molecule has 180 valence electrons. The van der Waals surface area contributed by atoms with E-state index >= 15 is 0 Å². The maximum Gasteiger partial charge on any atom is 0.323 e. The molecular formula is C24H27FN4O5. The van der Waals surface area contributed by atoms with Crippen LogP contribution in [0.25, 0.3) is 0 Å². The third-order valence-corrected chi connectivity index (χ3v) is 6.04. The second-order valence-corrected chi connectivity index (χ2v) is 8.35. The number of benzene rings is 2. The van der Waals surface area contributed by atoms with E-state index in [0.29, 0.717) is 35.5 Å².